The first-order chi connectivity index (χ1) is 6.22. The van der Waals surface area contributed by atoms with Gasteiger partial charge in [-0.1, -0.05) is 6.07 Å². The third-order valence-corrected chi connectivity index (χ3v) is 2.44. The van der Waals surface area contributed by atoms with Crippen LogP contribution in [0.4, 0.5) is 5.69 Å². The van der Waals surface area contributed by atoms with E-state index in [2.05, 4.69) is 11.0 Å². The standard InChI is InChI=1S/C10H11N3/c1-13-6-9(12)8-3-2-7(5-11)4-10(8)13/h2-4,9H,6,12H2,1H3. The van der Waals surface area contributed by atoms with Crippen molar-refractivity contribution in [2.24, 2.45) is 5.73 Å². The lowest BCUT2D eigenvalue weighted by Crippen LogP contribution is -2.19. The largest absolute Gasteiger partial charge is 0.372 e. The molecule has 1 unspecified atom stereocenters. The van der Waals surface area contributed by atoms with E-state index in [1.54, 1.807) is 0 Å². The molecule has 2 N–H and O–H groups in total. The zero-order valence-electron chi connectivity index (χ0n) is 7.49. The fourth-order valence-corrected chi connectivity index (χ4v) is 1.75. The van der Waals surface area contributed by atoms with Crippen molar-refractivity contribution in [1.82, 2.24) is 0 Å². The Balaban J connectivity index is 2.53. The zero-order chi connectivity index (χ0) is 9.42. The van der Waals surface area contributed by atoms with Crippen LogP contribution >= 0.6 is 0 Å². The second-order valence-corrected chi connectivity index (χ2v) is 3.37. The number of benzene rings is 1. The van der Waals surface area contributed by atoms with Crippen LogP contribution in [-0.4, -0.2) is 13.6 Å². The number of rotatable bonds is 0. The summed E-state index contributed by atoms with van der Waals surface area (Å²) in [6.45, 7) is 0.838. The molecule has 0 bridgehead atoms. The van der Waals surface area contributed by atoms with Gasteiger partial charge in [-0.3, -0.25) is 0 Å². The quantitative estimate of drug-likeness (QED) is 0.637. The van der Waals surface area contributed by atoms with Gasteiger partial charge in [0.15, 0.2) is 0 Å². The zero-order valence-corrected chi connectivity index (χ0v) is 7.49. The van der Waals surface area contributed by atoms with Gasteiger partial charge in [-0.05, 0) is 17.7 Å². The van der Waals surface area contributed by atoms with Gasteiger partial charge in [0.2, 0.25) is 0 Å². The van der Waals surface area contributed by atoms with E-state index in [1.807, 2.05) is 25.2 Å². The Kier molecular flexibility index (Phi) is 1.71. The van der Waals surface area contributed by atoms with Crippen molar-refractivity contribution in [2.75, 3.05) is 18.5 Å². The lowest BCUT2D eigenvalue weighted by molar-refractivity contribution is 0.760. The van der Waals surface area contributed by atoms with Crippen molar-refractivity contribution in [3.05, 3.63) is 29.3 Å². The van der Waals surface area contributed by atoms with Crippen LogP contribution in [0.2, 0.25) is 0 Å². The normalized spacial score (nSPS) is 19.8. The summed E-state index contributed by atoms with van der Waals surface area (Å²) in [6.07, 6.45) is 0. The number of hydrogen-bond acceptors (Lipinski definition) is 3. The minimum atomic E-state index is 0.0905. The van der Waals surface area contributed by atoms with Crippen LogP contribution in [0.15, 0.2) is 18.2 Å². The summed E-state index contributed by atoms with van der Waals surface area (Å²) >= 11 is 0. The van der Waals surface area contributed by atoms with Gasteiger partial charge in [0.25, 0.3) is 0 Å². The molecule has 1 aliphatic rings. The Morgan fingerprint density at radius 1 is 1.62 bits per heavy atom. The predicted octanol–water partition coefficient (Wildman–Crippen LogP) is 1.01. The highest BCUT2D eigenvalue weighted by atomic mass is 15.1. The Morgan fingerprint density at radius 3 is 3.08 bits per heavy atom. The Morgan fingerprint density at radius 2 is 2.38 bits per heavy atom. The van der Waals surface area contributed by atoms with Crippen molar-refractivity contribution in [2.45, 2.75) is 6.04 Å². The minimum absolute atomic E-state index is 0.0905. The predicted molar refractivity (Wildman–Crippen MR) is 51.4 cm³/mol. The maximum atomic E-state index is 8.72. The average Bonchev–Trinajstić information content (AvgIpc) is 2.42. The van der Waals surface area contributed by atoms with Gasteiger partial charge in [-0.2, -0.15) is 5.26 Å². The molecule has 3 nitrogen and oxygen atoms in total. The van der Waals surface area contributed by atoms with E-state index in [1.165, 1.54) is 0 Å². The smallest absolute Gasteiger partial charge is 0.0992 e. The SMILES string of the molecule is CN1CC(N)c2ccc(C#N)cc21. The molecule has 0 amide bonds. The minimum Gasteiger partial charge on any atom is -0.372 e. The fraction of sp³-hybridized carbons (Fsp3) is 0.300. The Hall–Kier alpha value is -1.53. The molecule has 3 heteroatoms. The molecule has 1 aliphatic heterocycles. The van der Waals surface area contributed by atoms with Gasteiger partial charge in [0, 0.05) is 25.3 Å². The van der Waals surface area contributed by atoms with Crippen LogP contribution in [-0.2, 0) is 0 Å². The summed E-state index contributed by atoms with van der Waals surface area (Å²) in [5, 5.41) is 8.72. The maximum Gasteiger partial charge on any atom is 0.0992 e. The molecule has 1 aromatic rings. The molecule has 0 saturated carbocycles. The van der Waals surface area contributed by atoms with Crippen LogP contribution in [0.1, 0.15) is 17.2 Å². The molecule has 0 aliphatic carbocycles. The van der Waals surface area contributed by atoms with Crippen LogP contribution in [0.3, 0.4) is 0 Å². The monoisotopic (exact) mass is 173 g/mol. The lowest BCUT2D eigenvalue weighted by atomic mass is 10.1. The molecular formula is C10H11N3. The van der Waals surface area contributed by atoms with E-state index in [0.717, 1.165) is 17.8 Å². The van der Waals surface area contributed by atoms with E-state index >= 15 is 0 Å². The Bertz CT molecular complexity index is 378. The molecule has 1 atom stereocenters. The third-order valence-electron chi connectivity index (χ3n) is 2.44. The van der Waals surface area contributed by atoms with Crippen LogP contribution < -0.4 is 10.6 Å². The highest BCUT2D eigenvalue weighted by Crippen LogP contribution is 2.32. The van der Waals surface area contributed by atoms with Gasteiger partial charge in [-0.15, -0.1) is 0 Å². The molecule has 2 rings (SSSR count). The first-order valence-electron chi connectivity index (χ1n) is 4.23. The van der Waals surface area contributed by atoms with Gasteiger partial charge in [0.05, 0.1) is 11.6 Å². The van der Waals surface area contributed by atoms with Gasteiger partial charge in [0.1, 0.15) is 0 Å². The average molecular weight is 173 g/mol. The molecule has 1 heterocycles. The molecule has 66 valence electrons. The molecule has 13 heavy (non-hydrogen) atoms. The van der Waals surface area contributed by atoms with Crippen LogP contribution in [0.5, 0.6) is 0 Å². The van der Waals surface area contributed by atoms with Crippen molar-refractivity contribution in [3.63, 3.8) is 0 Å². The molecular weight excluding hydrogens is 162 g/mol. The van der Waals surface area contributed by atoms with Crippen molar-refractivity contribution in [3.8, 4) is 6.07 Å². The molecule has 0 saturated heterocycles. The molecule has 0 radical (unpaired) electrons. The van der Waals surface area contributed by atoms with Crippen LogP contribution in [0.25, 0.3) is 0 Å². The summed E-state index contributed by atoms with van der Waals surface area (Å²) in [7, 11) is 1.99. The second kappa shape index (κ2) is 2.75. The number of hydrogen-bond donors (Lipinski definition) is 1. The summed E-state index contributed by atoms with van der Waals surface area (Å²) in [5.74, 6) is 0. The highest BCUT2D eigenvalue weighted by molar-refractivity contribution is 5.62. The number of likely N-dealkylation sites (N-methyl/N-ethyl adjacent to an activating group) is 1. The van der Waals surface area contributed by atoms with Crippen molar-refractivity contribution in [1.29, 1.82) is 5.26 Å². The number of fused-ring (bicyclic) bond motifs is 1. The molecule has 0 spiro atoms. The summed E-state index contributed by atoms with van der Waals surface area (Å²) in [4.78, 5) is 2.08. The summed E-state index contributed by atoms with van der Waals surface area (Å²) < 4.78 is 0. The Labute approximate surface area is 77.4 Å². The molecule has 0 fully saturated rings. The first kappa shape index (κ1) is 8.09. The number of nitrogens with two attached hydrogens (primary N) is 1. The van der Waals surface area contributed by atoms with E-state index in [4.69, 9.17) is 11.0 Å². The molecule has 0 aromatic heterocycles. The second-order valence-electron chi connectivity index (χ2n) is 3.37. The topological polar surface area (TPSA) is 53.0 Å². The van der Waals surface area contributed by atoms with Crippen molar-refractivity contribution >= 4 is 5.69 Å². The lowest BCUT2D eigenvalue weighted by Gasteiger charge is -2.11. The highest BCUT2D eigenvalue weighted by Gasteiger charge is 2.22. The fourth-order valence-electron chi connectivity index (χ4n) is 1.75. The summed E-state index contributed by atoms with van der Waals surface area (Å²) in [6, 6.07) is 7.87. The third kappa shape index (κ3) is 1.16. The van der Waals surface area contributed by atoms with Crippen LogP contribution in [0, 0.1) is 11.3 Å². The molecule has 1 aromatic carbocycles. The van der Waals surface area contributed by atoms with E-state index < -0.39 is 0 Å². The summed E-state index contributed by atoms with van der Waals surface area (Å²) in [5.41, 5.74) is 8.83. The maximum absolute atomic E-state index is 8.72. The van der Waals surface area contributed by atoms with E-state index in [9.17, 15) is 0 Å². The number of anilines is 1. The van der Waals surface area contributed by atoms with Gasteiger partial charge in [-0.25, -0.2) is 0 Å². The first-order valence-corrected chi connectivity index (χ1v) is 4.23. The van der Waals surface area contributed by atoms with Crippen molar-refractivity contribution < 1.29 is 0 Å². The number of nitriles is 1. The number of nitrogens with zero attached hydrogens (tertiary/aromatic N) is 2. The van der Waals surface area contributed by atoms with E-state index in [0.29, 0.717) is 5.56 Å². The van der Waals surface area contributed by atoms with Gasteiger partial charge < -0.3 is 10.6 Å². The van der Waals surface area contributed by atoms with Gasteiger partial charge >= 0.3 is 0 Å². The van der Waals surface area contributed by atoms with E-state index in [-0.39, 0.29) is 6.04 Å².